The number of hydrogen-bond acceptors (Lipinski definition) is 0. The first-order chi connectivity index (χ1) is 2.00. The molecule has 1 radical (unpaired) electrons. The first-order valence-electron chi connectivity index (χ1n) is 1.54. The van der Waals surface area contributed by atoms with E-state index in [1.807, 2.05) is 0 Å². The molecule has 0 bridgehead atoms. The highest BCUT2D eigenvalue weighted by atomic mass is 28.4. The zero-order valence-corrected chi connectivity index (χ0v) is 4.59. The zero-order chi connectivity index (χ0) is 4.50. The zero-order valence-electron chi connectivity index (χ0n) is 3.59. The predicted octanol–water partition coefficient (Wildman–Crippen LogP) is 1.53. The summed E-state index contributed by atoms with van der Waals surface area (Å²) in [5.41, 5.74) is 0. The van der Waals surface area contributed by atoms with E-state index in [0.29, 0.717) is 0 Å². The molecule has 0 atom stereocenters. The van der Waals surface area contributed by atoms with E-state index < -0.39 is 8.41 Å². The van der Waals surface area contributed by atoms with Crippen molar-refractivity contribution in [1.82, 2.24) is 0 Å². The maximum Gasteiger partial charge on any atom is 0.240 e. The SMILES string of the molecule is [CH2][Si](C)(C)F. The molecule has 0 aromatic carbocycles. The van der Waals surface area contributed by atoms with Gasteiger partial charge in [0, 0.05) is 0 Å². The lowest BCUT2D eigenvalue weighted by Gasteiger charge is -1.94. The minimum atomic E-state index is -2.36. The van der Waals surface area contributed by atoms with Gasteiger partial charge in [-0.05, 0) is 19.6 Å². The molecule has 0 unspecified atom stereocenters. The second kappa shape index (κ2) is 1.09. The average molecular weight is 91.2 g/mol. The van der Waals surface area contributed by atoms with Gasteiger partial charge in [-0.25, -0.2) is 0 Å². The van der Waals surface area contributed by atoms with Crippen LogP contribution in [0.5, 0.6) is 0 Å². The molecule has 0 aromatic rings. The molecule has 0 spiro atoms. The Labute approximate surface area is 33.2 Å². The van der Waals surface area contributed by atoms with Gasteiger partial charge in [0.2, 0.25) is 8.41 Å². The van der Waals surface area contributed by atoms with Crippen molar-refractivity contribution in [1.29, 1.82) is 0 Å². The third-order valence-electron chi connectivity index (χ3n) is 0. The first-order valence-corrected chi connectivity index (χ1v) is 4.63. The molecule has 0 aliphatic carbocycles. The quantitative estimate of drug-likeness (QED) is 0.313. The van der Waals surface area contributed by atoms with Crippen LogP contribution in [-0.2, 0) is 0 Å². The van der Waals surface area contributed by atoms with E-state index in [9.17, 15) is 4.11 Å². The molecule has 2 heteroatoms. The van der Waals surface area contributed by atoms with Gasteiger partial charge in [0.25, 0.3) is 0 Å². The predicted molar refractivity (Wildman–Crippen MR) is 23.9 cm³/mol. The summed E-state index contributed by atoms with van der Waals surface area (Å²) in [6, 6.07) is 0. The lowest BCUT2D eigenvalue weighted by molar-refractivity contribution is 0.819. The van der Waals surface area contributed by atoms with Crippen LogP contribution < -0.4 is 0 Å². The second-order valence-corrected chi connectivity index (χ2v) is 5.16. The summed E-state index contributed by atoms with van der Waals surface area (Å²) < 4.78 is 11.7. The van der Waals surface area contributed by atoms with Gasteiger partial charge in [0.1, 0.15) is 0 Å². The van der Waals surface area contributed by atoms with Crippen molar-refractivity contribution < 1.29 is 4.11 Å². The lowest BCUT2D eigenvalue weighted by atomic mass is 11.8. The van der Waals surface area contributed by atoms with Crippen LogP contribution in [0.2, 0.25) is 13.1 Å². The maximum atomic E-state index is 11.7. The van der Waals surface area contributed by atoms with E-state index in [1.165, 1.54) is 0 Å². The van der Waals surface area contributed by atoms with Crippen molar-refractivity contribution in [3.05, 3.63) is 6.55 Å². The Bertz CT molecular complexity index is 22.4. The van der Waals surface area contributed by atoms with Crippen LogP contribution in [0, 0.1) is 6.55 Å². The summed E-state index contributed by atoms with van der Waals surface area (Å²) in [5.74, 6) is 0. The van der Waals surface area contributed by atoms with E-state index in [-0.39, 0.29) is 0 Å². The molecule has 0 aliphatic heterocycles. The molecule has 0 amide bonds. The van der Waals surface area contributed by atoms with Crippen LogP contribution in [0.3, 0.4) is 0 Å². The summed E-state index contributed by atoms with van der Waals surface area (Å²) in [6.07, 6.45) is 0. The largest absolute Gasteiger partial charge is 0.314 e. The molecule has 0 rings (SSSR count). The van der Waals surface area contributed by atoms with Crippen LogP contribution in [0.25, 0.3) is 0 Å². The third-order valence-corrected chi connectivity index (χ3v) is 0. The molecule has 0 fully saturated rings. The van der Waals surface area contributed by atoms with Gasteiger partial charge in [0.15, 0.2) is 0 Å². The van der Waals surface area contributed by atoms with Crippen molar-refractivity contribution >= 4 is 8.41 Å². The molecule has 0 N–H and O–H groups in total. The van der Waals surface area contributed by atoms with Crippen molar-refractivity contribution in [3.8, 4) is 0 Å². The second-order valence-electron chi connectivity index (χ2n) is 1.72. The normalized spacial score (nSPS) is 12.0. The highest BCUT2D eigenvalue weighted by Crippen LogP contribution is 1.96. The van der Waals surface area contributed by atoms with E-state index in [4.69, 9.17) is 0 Å². The first kappa shape index (κ1) is 5.15. The topological polar surface area (TPSA) is 0 Å². The van der Waals surface area contributed by atoms with Crippen LogP contribution >= 0.6 is 0 Å². The standard InChI is InChI=1S/C3H8FSi/c1-5(2,3)4/h1H2,2-3H3. The Hall–Kier alpha value is 0.147. The molecule has 0 heterocycles. The Balaban J connectivity index is 3.02. The molecule has 5 heavy (non-hydrogen) atoms. The average Bonchev–Trinajstić information content (AvgIpc) is 0.722. The van der Waals surface area contributed by atoms with E-state index in [1.54, 1.807) is 13.1 Å². The van der Waals surface area contributed by atoms with Gasteiger partial charge >= 0.3 is 0 Å². The molecule has 0 aliphatic rings. The summed E-state index contributed by atoms with van der Waals surface area (Å²) in [7, 11) is -2.36. The molecular weight excluding hydrogens is 83.1 g/mol. The molecule has 31 valence electrons. The minimum Gasteiger partial charge on any atom is -0.314 e. The fourth-order valence-electron chi connectivity index (χ4n) is 0. The van der Waals surface area contributed by atoms with Crippen LogP contribution in [0.1, 0.15) is 0 Å². The van der Waals surface area contributed by atoms with Crippen LogP contribution in [-0.4, -0.2) is 8.41 Å². The Morgan fingerprint density at radius 3 is 1.60 bits per heavy atom. The monoisotopic (exact) mass is 91.0 g/mol. The van der Waals surface area contributed by atoms with E-state index in [2.05, 4.69) is 6.55 Å². The Kier molecular flexibility index (Phi) is 1.12. The van der Waals surface area contributed by atoms with Gasteiger partial charge in [0.05, 0.1) is 0 Å². The molecule has 0 aromatic heterocycles. The molecule has 0 nitrogen and oxygen atoms in total. The lowest BCUT2D eigenvalue weighted by Crippen LogP contribution is -2.10. The fraction of sp³-hybridized carbons (Fsp3) is 0.667. The fourth-order valence-corrected chi connectivity index (χ4v) is 0. The van der Waals surface area contributed by atoms with Crippen molar-refractivity contribution in [3.63, 3.8) is 0 Å². The van der Waals surface area contributed by atoms with E-state index >= 15 is 0 Å². The summed E-state index contributed by atoms with van der Waals surface area (Å²) in [5, 5.41) is 0. The highest BCUT2D eigenvalue weighted by molar-refractivity contribution is 6.72. The van der Waals surface area contributed by atoms with Gasteiger partial charge < -0.3 is 4.11 Å². The summed E-state index contributed by atoms with van der Waals surface area (Å²) in [4.78, 5) is 0. The van der Waals surface area contributed by atoms with Crippen LogP contribution in [0.4, 0.5) is 4.11 Å². The van der Waals surface area contributed by atoms with Gasteiger partial charge in [-0.1, -0.05) is 0 Å². The van der Waals surface area contributed by atoms with Crippen LogP contribution in [0.15, 0.2) is 0 Å². The molecular formula is C3H8FSi. The third kappa shape index (κ3) is 886. The smallest absolute Gasteiger partial charge is 0.240 e. The maximum absolute atomic E-state index is 11.7. The van der Waals surface area contributed by atoms with Crippen molar-refractivity contribution in [2.24, 2.45) is 0 Å². The number of halogens is 1. The van der Waals surface area contributed by atoms with Gasteiger partial charge in [-0.3, -0.25) is 0 Å². The number of rotatable bonds is 0. The summed E-state index contributed by atoms with van der Waals surface area (Å²) >= 11 is 0. The Morgan fingerprint density at radius 2 is 1.60 bits per heavy atom. The number of hydrogen-bond donors (Lipinski definition) is 0. The van der Waals surface area contributed by atoms with E-state index in [0.717, 1.165) is 0 Å². The van der Waals surface area contributed by atoms with Gasteiger partial charge in [-0.2, -0.15) is 0 Å². The van der Waals surface area contributed by atoms with Crippen molar-refractivity contribution in [2.45, 2.75) is 13.1 Å². The van der Waals surface area contributed by atoms with Gasteiger partial charge in [-0.15, -0.1) is 0 Å². The van der Waals surface area contributed by atoms with Crippen molar-refractivity contribution in [2.75, 3.05) is 0 Å². The highest BCUT2D eigenvalue weighted by Gasteiger charge is 2.08. The summed E-state index contributed by atoms with van der Waals surface area (Å²) in [6.45, 7) is 6.34. The molecule has 0 saturated carbocycles. The Morgan fingerprint density at radius 1 is 1.60 bits per heavy atom. The molecule has 0 saturated heterocycles. The minimum absolute atomic E-state index is 1.55.